The van der Waals surface area contributed by atoms with E-state index in [-0.39, 0.29) is 24.3 Å². The van der Waals surface area contributed by atoms with Gasteiger partial charge in [0.05, 0.1) is 18.6 Å². The van der Waals surface area contributed by atoms with Crippen LogP contribution in [0.4, 0.5) is 5.69 Å². The van der Waals surface area contributed by atoms with Crippen LogP contribution >= 0.6 is 0 Å². The first-order chi connectivity index (χ1) is 24.3. The first-order valence-corrected chi connectivity index (χ1v) is 16.6. The van der Waals surface area contributed by atoms with Crippen molar-refractivity contribution in [2.75, 3.05) is 11.9 Å². The van der Waals surface area contributed by atoms with Crippen LogP contribution in [0.1, 0.15) is 71.0 Å². The van der Waals surface area contributed by atoms with Crippen molar-refractivity contribution >= 4 is 40.4 Å². The third kappa shape index (κ3) is 10.0. The van der Waals surface area contributed by atoms with Gasteiger partial charge in [-0.2, -0.15) is 0 Å². The van der Waals surface area contributed by atoms with E-state index < -0.39 is 23.9 Å². The number of carboxylic acid groups (broad SMARTS) is 1. The lowest BCUT2D eigenvalue weighted by Gasteiger charge is -2.15. The molecule has 258 valence electrons. The van der Waals surface area contributed by atoms with Crippen LogP contribution in [0.3, 0.4) is 0 Å². The topological polar surface area (TPSA) is 157 Å². The van der Waals surface area contributed by atoms with Crippen LogP contribution < -0.4 is 20.1 Å². The Labute approximate surface area is 289 Å². The van der Waals surface area contributed by atoms with Crippen molar-refractivity contribution in [3.8, 4) is 11.5 Å². The van der Waals surface area contributed by atoms with E-state index in [0.29, 0.717) is 46.2 Å². The summed E-state index contributed by atoms with van der Waals surface area (Å²) in [4.78, 5) is 50.2. The van der Waals surface area contributed by atoms with Crippen molar-refractivity contribution in [3.05, 3.63) is 119 Å². The van der Waals surface area contributed by atoms with Gasteiger partial charge in [0.2, 0.25) is 5.91 Å². The molecule has 50 heavy (non-hydrogen) atoms. The third-order valence-electron chi connectivity index (χ3n) is 7.99. The number of ether oxygens (including phenoxy) is 2. The average molecular weight is 678 g/mol. The monoisotopic (exact) mass is 677 g/mol. The number of benzene rings is 4. The van der Waals surface area contributed by atoms with Crippen molar-refractivity contribution in [2.24, 2.45) is 0 Å². The molecule has 0 aliphatic carbocycles. The van der Waals surface area contributed by atoms with Crippen LogP contribution in [0, 0.1) is 0 Å². The number of amides is 2. The number of para-hydroxylation sites is 1. The highest BCUT2D eigenvalue weighted by Crippen LogP contribution is 2.20. The number of aliphatic carboxylic acids is 1. The van der Waals surface area contributed by atoms with Gasteiger partial charge in [0.1, 0.15) is 23.2 Å². The van der Waals surface area contributed by atoms with Crippen molar-refractivity contribution in [3.63, 3.8) is 0 Å². The Balaban J connectivity index is 1.08. The van der Waals surface area contributed by atoms with Crippen molar-refractivity contribution in [1.82, 2.24) is 10.5 Å². The summed E-state index contributed by atoms with van der Waals surface area (Å²) >= 11 is 0. The molecule has 1 heterocycles. The van der Waals surface area contributed by atoms with E-state index in [2.05, 4.69) is 22.7 Å². The zero-order valence-electron chi connectivity index (χ0n) is 27.7. The maximum Gasteiger partial charge on any atom is 0.343 e. The molecule has 0 fully saturated rings. The highest BCUT2D eigenvalue weighted by Gasteiger charge is 2.22. The third-order valence-corrected chi connectivity index (χ3v) is 7.99. The number of carbonyl (C=O) groups excluding carboxylic acids is 3. The molecular formula is C39H39N3O8. The molecule has 0 aliphatic heterocycles. The maximum atomic E-state index is 12.9. The Morgan fingerprint density at radius 2 is 1.48 bits per heavy atom. The van der Waals surface area contributed by atoms with Crippen LogP contribution in [-0.2, 0) is 22.4 Å². The molecule has 5 aromatic rings. The van der Waals surface area contributed by atoms with E-state index in [0.717, 1.165) is 18.2 Å². The smallest absolute Gasteiger partial charge is 0.343 e. The Morgan fingerprint density at radius 1 is 0.800 bits per heavy atom. The summed E-state index contributed by atoms with van der Waals surface area (Å²) in [5.41, 5.74) is 2.78. The molecule has 0 spiro atoms. The predicted octanol–water partition coefficient (Wildman–Crippen LogP) is 7.00. The SMILES string of the molecule is CCCCCCCOc1ccc(C(=O)Oc2ccc(CC(NC(=O)c3ccc(NC(=O)Cc4noc5ccccc45)cc3)C(=O)O)cc2)cc1. The quantitative estimate of drug-likeness (QED) is 0.0535. The normalized spacial score (nSPS) is 11.5. The van der Waals surface area contributed by atoms with Crippen LogP contribution in [0.15, 0.2) is 102 Å². The number of hydrogen-bond donors (Lipinski definition) is 3. The Bertz CT molecular complexity index is 1900. The minimum absolute atomic E-state index is 0.000234. The number of esters is 1. The van der Waals surface area contributed by atoms with Crippen molar-refractivity contribution in [2.45, 2.75) is 57.9 Å². The number of aromatic nitrogens is 1. The number of carbonyl (C=O) groups is 4. The van der Waals surface area contributed by atoms with Gasteiger partial charge in [0, 0.05) is 23.1 Å². The van der Waals surface area contributed by atoms with Crippen molar-refractivity contribution in [1.29, 1.82) is 0 Å². The summed E-state index contributed by atoms with van der Waals surface area (Å²) < 4.78 is 16.5. The molecule has 1 aromatic heterocycles. The molecule has 0 bridgehead atoms. The Kier molecular flexibility index (Phi) is 12.3. The van der Waals surface area contributed by atoms with E-state index in [1.807, 2.05) is 18.2 Å². The molecule has 1 atom stereocenters. The first-order valence-electron chi connectivity index (χ1n) is 16.6. The molecule has 11 nitrogen and oxygen atoms in total. The highest BCUT2D eigenvalue weighted by atomic mass is 16.5. The Morgan fingerprint density at radius 3 is 2.20 bits per heavy atom. The average Bonchev–Trinajstić information content (AvgIpc) is 3.53. The van der Waals surface area contributed by atoms with Gasteiger partial charge >= 0.3 is 11.9 Å². The number of nitrogens with one attached hydrogen (secondary N) is 2. The number of nitrogens with zero attached hydrogens (tertiary/aromatic N) is 1. The van der Waals surface area contributed by atoms with E-state index in [4.69, 9.17) is 14.0 Å². The summed E-state index contributed by atoms with van der Waals surface area (Å²) in [5.74, 6) is -1.65. The molecule has 0 radical (unpaired) electrons. The Hall–Kier alpha value is -5.97. The number of anilines is 1. The minimum Gasteiger partial charge on any atom is -0.494 e. The summed E-state index contributed by atoms with van der Waals surface area (Å²) in [6, 6.07) is 25.3. The number of hydrogen-bond acceptors (Lipinski definition) is 8. The number of unbranched alkanes of at least 4 members (excludes halogenated alkanes) is 4. The lowest BCUT2D eigenvalue weighted by atomic mass is 10.0. The van der Waals surface area contributed by atoms with Gasteiger partial charge in [-0.25, -0.2) is 9.59 Å². The number of fused-ring (bicyclic) bond motifs is 1. The fraction of sp³-hybridized carbons (Fsp3) is 0.256. The second-order valence-corrected chi connectivity index (χ2v) is 11.8. The molecule has 0 saturated carbocycles. The fourth-order valence-corrected chi connectivity index (χ4v) is 5.25. The minimum atomic E-state index is -1.22. The zero-order chi connectivity index (χ0) is 35.3. The molecule has 2 amide bonds. The maximum absolute atomic E-state index is 12.9. The molecule has 4 aromatic carbocycles. The van der Waals surface area contributed by atoms with E-state index in [9.17, 15) is 24.3 Å². The molecule has 11 heteroatoms. The number of carboxylic acids is 1. The fourth-order valence-electron chi connectivity index (χ4n) is 5.25. The summed E-state index contributed by atoms with van der Waals surface area (Å²) in [5, 5.41) is 19.8. The standard InChI is InChI=1S/C39H39N3O8/c1-2-3-4-5-8-23-48-30-21-15-28(16-22-30)39(47)49-31-19-11-26(12-20-31)24-34(38(45)46)41-37(44)27-13-17-29(18-14-27)40-36(43)25-33-32-9-6-7-10-35(32)50-42-33/h6-7,9-22,34H,2-5,8,23-25H2,1H3,(H,40,43)(H,41,44)(H,45,46). The van der Waals surface area contributed by atoms with Gasteiger partial charge in [0.25, 0.3) is 5.91 Å². The number of rotatable bonds is 17. The van der Waals surface area contributed by atoms with Crippen molar-refractivity contribution < 1.29 is 38.3 Å². The molecule has 0 saturated heterocycles. The largest absolute Gasteiger partial charge is 0.494 e. The van der Waals surface area contributed by atoms with E-state index >= 15 is 0 Å². The molecule has 5 rings (SSSR count). The van der Waals surface area contributed by atoms with Gasteiger partial charge in [-0.15, -0.1) is 0 Å². The molecular weight excluding hydrogens is 638 g/mol. The highest BCUT2D eigenvalue weighted by molar-refractivity contribution is 5.98. The second kappa shape index (κ2) is 17.4. The lowest BCUT2D eigenvalue weighted by molar-refractivity contribution is -0.139. The van der Waals surface area contributed by atoms with Crippen LogP contribution in [0.5, 0.6) is 11.5 Å². The second-order valence-electron chi connectivity index (χ2n) is 11.8. The van der Waals surface area contributed by atoms with E-state index in [1.165, 1.54) is 31.4 Å². The van der Waals surface area contributed by atoms with Gasteiger partial charge in [0.15, 0.2) is 5.58 Å². The van der Waals surface area contributed by atoms with Gasteiger partial charge in [-0.3, -0.25) is 9.59 Å². The molecule has 3 N–H and O–H groups in total. The zero-order valence-corrected chi connectivity index (χ0v) is 27.7. The molecule has 1 unspecified atom stereocenters. The van der Waals surface area contributed by atoms with Crippen LogP contribution in [-0.4, -0.2) is 46.7 Å². The first kappa shape index (κ1) is 35.3. The van der Waals surface area contributed by atoms with Crippen LogP contribution in [0.2, 0.25) is 0 Å². The predicted molar refractivity (Wildman–Crippen MR) is 187 cm³/mol. The molecule has 0 aliphatic rings. The summed E-state index contributed by atoms with van der Waals surface area (Å²) in [7, 11) is 0. The van der Waals surface area contributed by atoms with Gasteiger partial charge in [-0.1, -0.05) is 62.0 Å². The summed E-state index contributed by atoms with van der Waals surface area (Å²) in [6.07, 6.45) is 5.75. The van der Waals surface area contributed by atoms with E-state index in [1.54, 1.807) is 66.7 Å². The van der Waals surface area contributed by atoms with Crippen LogP contribution in [0.25, 0.3) is 11.0 Å². The lowest BCUT2D eigenvalue weighted by Crippen LogP contribution is -2.42. The van der Waals surface area contributed by atoms with Gasteiger partial charge < -0.3 is 29.7 Å². The van der Waals surface area contributed by atoms with Gasteiger partial charge in [-0.05, 0) is 84.8 Å². The summed E-state index contributed by atoms with van der Waals surface area (Å²) in [6.45, 7) is 2.81.